The summed E-state index contributed by atoms with van der Waals surface area (Å²) in [4.78, 5) is 19.3. The monoisotopic (exact) mass is 319 g/mol. The number of carbonyl (C=O) groups is 1. The number of hydrogen-bond acceptors (Lipinski definition) is 2. The zero-order valence-electron chi connectivity index (χ0n) is 14.3. The first kappa shape index (κ1) is 14.9. The zero-order chi connectivity index (χ0) is 16.8. The fourth-order valence-electron chi connectivity index (χ4n) is 3.75. The van der Waals surface area contributed by atoms with Gasteiger partial charge in [0.05, 0.1) is 11.0 Å². The first-order chi connectivity index (χ1) is 11.5. The molecule has 4 rings (SSSR count). The van der Waals surface area contributed by atoms with Gasteiger partial charge in [-0.2, -0.15) is 0 Å². The Bertz CT molecular complexity index is 941. The summed E-state index contributed by atoms with van der Waals surface area (Å²) in [5.74, 6) is 1.31. The summed E-state index contributed by atoms with van der Waals surface area (Å²) in [5, 5.41) is 0. The van der Waals surface area contributed by atoms with Gasteiger partial charge >= 0.3 is 0 Å². The molecular weight excluding hydrogens is 298 g/mol. The van der Waals surface area contributed by atoms with Gasteiger partial charge < -0.3 is 9.47 Å². The van der Waals surface area contributed by atoms with Gasteiger partial charge in [0.25, 0.3) is 0 Å². The van der Waals surface area contributed by atoms with Crippen LogP contribution in [0.5, 0.6) is 0 Å². The molecule has 2 heterocycles. The van der Waals surface area contributed by atoms with Gasteiger partial charge in [0.2, 0.25) is 5.91 Å². The van der Waals surface area contributed by atoms with Crippen molar-refractivity contribution in [2.75, 3.05) is 11.4 Å². The summed E-state index contributed by atoms with van der Waals surface area (Å²) in [5.41, 5.74) is 5.49. The second-order valence-electron chi connectivity index (χ2n) is 6.71. The van der Waals surface area contributed by atoms with E-state index in [9.17, 15) is 4.79 Å². The molecule has 2 aromatic carbocycles. The van der Waals surface area contributed by atoms with Crippen molar-refractivity contribution in [3.05, 3.63) is 59.4 Å². The van der Waals surface area contributed by atoms with Crippen LogP contribution in [-0.4, -0.2) is 22.0 Å². The average molecular weight is 319 g/mol. The number of benzene rings is 2. The van der Waals surface area contributed by atoms with E-state index in [-0.39, 0.29) is 11.8 Å². The van der Waals surface area contributed by atoms with E-state index in [1.54, 1.807) is 0 Å². The van der Waals surface area contributed by atoms with Crippen molar-refractivity contribution in [1.29, 1.82) is 0 Å². The SMILES string of the molecule is Cc1ccc(N2C[C@@H](c3nc4ccccc4n3C)CC2=O)c(C)c1. The lowest BCUT2D eigenvalue weighted by atomic mass is 10.1. The van der Waals surface area contributed by atoms with Gasteiger partial charge in [-0.1, -0.05) is 29.8 Å². The normalized spacial score (nSPS) is 17.9. The minimum Gasteiger partial charge on any atom is -0.331 e. The second-order valence-corrected chi connectivity index (χ2v) is 6.71. The number of para-hydroxylation sites is 2. The summed E-state index contributed by atoms with van der Waals surface area (Å²) in [6.07, 6.45) is 0.518. The number of amides is 1. The molecule has 1 aromatic heterocycles. The predicted molar refractivity (Wildman–Crippen MR) is 96.3 cm³/mol. The van der Waals surface area contributed by atoms with Crippen LogP contribution in [0.1, 0.15) is 29.3 Å². The van der Waals surface area contributed by atoms with E-state index in [1.165, 1.54) is 5.56 Å². The Morgan fingerprint density at radius 1 is 1.12 bits per heavy atom. The maximum atomic E-state index is 12.6. The number of fused-ring (bicyclic) bond motifs is 1. The van der Waals surface area contributed by atoms with Crippen LogP contribution in [0.15, 0.2) is 42.5 Å². The van der Waals surface area contributed by atoms with Gasteiger partial charge in [-0.3, -0.25) is 4.79 Å². The Kier molecular flexibility index (Phi) is 3.41. The van der Waals surface area contributed by atoms with Crippen LogP contribution in [0, 0.1) is 13.8 Å². The Balaban J connectivity index is 1.69. The summed E-state index contributed by atoms with van der Waals surface area (Å²) in [7, 11) is 2.04. The van der Waals surface area contributed by atoms with Crippen molar-refractivity contribution in [2.24, 2.45) is 7.05 Å². The van der Waals surface area contributed by atoms with Crippen LogP contribution in [0.25, 0.3) is 11.0 Å². The Labute approximate surface area is 141 Å². The van der Waals surface area contributed by atoms with Crippen LogP contribution in [0.3, 0.4) is 0 Å². The lowest BCUT2D eigenvalue weighted by molar-refractivity contribution is -0.117. The van der Waals surface area contributed by atoms with Crippen molar-refractivity contribution in [2.45, 2.75) is 26.2 Å². The van der Waals surface area contributed by atoms with Crippen molar-refractivity contribution in [3.8, 4) is 0 Å². The summed E-state index contributed by atoms with van der Waals surface area (Å²) in [6, 6.07) is 14.4. The molecule has 1 saturated heterocycles. The fourth-order valence-corrected chi connectivity index (χ4v) is 3.75. The summed E-state index contributed by atoms with van der Waals surface area (Å²) >= 11 is 0. The molecule has 0 N–H and O–H groups in total. The lowest BCUT2D eigenvalue weighted by Crippen LogP contribution is -2.25. The third-order valence-corrected chi connectivity index (χ3v) is 4.96. The first-order valence-electron chi connectivity index (χ1n) is 8.33. The van der Waals surface area contributed by atoms with E-state index in [2.05, 4.69) is 42.7 Å². The molecule has 1 aliphatic rings. The molecule has 24 heavy (non-hydrogen) atoms. The Hall–Kier alpha value is -2.62. The van der Waals surface area contributed by atoms with Crippen LogP contribution in [0.4, 0.5) is 5.69 Å². The quantitative estimate of drug-likeness (QED) is 0.722. The summed E-state index contributed by atoms with van der Waals surface area (Å²) in [6.45, 7) is 4.84. The molecule has 1 amide bonds. The zero-order valence-corrected chi connectivity index (χ0v) is 14.3. The van der Waals surface area contributed by atoms with Gasteiger partial charge in [-0.05, 0) is 37.6 Å². The molecule has 0 bridgehead atoms. The lowest BCUT2D eigenvalue weighted by Gasteiger charge is -2.19. The largest absolute Gasteiger partial charge is 0.331 e. The van der Waals surface area contributed by atoms with E-state index in [0.717, 1.165) is 28.1 Å². The second kappa shape index (κ2) is 5.48. The highest BCUT2D eigenvalue weighted by atomic mass is 16.2. The van der Waals surface area contributed by atoms with Gasteiger partial charge in [0.15, 0.2) is 0 Å². The maximum absolute atomic E-state index is 12.6. The smallest absolute Gasteiger partial charge is 0.227 e. The number of nitrogens with zero attached hydrogens (tertiary/aromatic N) is 3. The molecule has 0 aliphatic carbocycles. The highest BCUT2D eigenvalue weighted by molar-refractivity contribution is 5.97. The molecule has 1 atom stereocenters. The van der Waals surface area contributed by atoms with Crippen LogP contribution in [0.2, 0.25) is 0 Å². The van der Waals surface area contributed by atoms with Crippen LogP contribution in [-0.2, 0) is 11.8 Å². The molecule has 0 radical (unpaired) electrons. The fraction of sp³-hybridized carbons (Fsp3) is 0.300. The number of imidazole rings is 1. The molecule has 4 heteroatoms. The molecule has 0 spiro atoms. The summed E-state index contributed by atoms with van der Waals surface area (Å²) < 4.78 is 2.12. The van der Waals surface area contributed by atoms with E-state index < -0.39 is 0 Å². The molecule has 4 nitrogen and oxygen atoms in total. The van der Waals surface area contributed by atoms with Crippen molar-refractivity contribution in [1.82, 2.24) is 9.55 Å². The third kappa shape index (κ3) is 2.30. The topological polar surface area (TPSA) is 38.1 Å². The van der Waals surface area contributed by atoms with Crippen molar-refractivity contribution in [3.63, 3.8) is 0 Å². The van der Waals surface area contributed by atoms with Gasteiger partial charge in [-0.25, -0.2) is 4.98 Å². The number of carbonyl (C=O) groups excluding carboxylic acids is 1. The molecule has 0 saturated carbocycles. The van der Waals surface area contributed by atoms with Gasteiger partial charge in [0.1, 0.15) is 5.82 Å². The van der Waals surface area contributed by atoms with Crippen LogP contribution >= 0.6 is 0 Å². The average Bonchev–Trinajstić information content (AvgIpc) is 3.09. The molecule has 3 aromatic rings. The molecular formula is C20H21N3O. The van der Waals surface area contributed by atoms with Crippen molar-refractivity contribution >= 4 is 22.6 Å². The number of hydrogen-bond donors (Lipinski definition) is 0. The maximum Gasteiger partial charge on any atom is 0.227 e. The van der Waals surface area contributed by atoms with E-state index in [4.69, 9.17) is 4.98 Å². The van der Waals surface area contributed by atoms with Crippen molar-refractivity contribution < 1.29 is 4.79 Å². The molecule has 1 aliphatic heterocycles. The Morgan fingerprint density at radius 2 is 1.92 bits per heavy atom. The predicted octanol–water partition coefficient (Wildman–Crippen LogP) is 3.71. The first-order valence-corrected chi connectivity index (χ1v) is 8.33. The highest BCUT2D eigenvalue weighted by Crippen LogP contribution is 2.34. The molecule has 0 unspecified atom stereocenters. The third-order valence-electron chi connectivity index (χ3n) is 4.96. The number of rotatable bonds is 2. The highest BCUT2D eigenvalue weighted by Gasteiger charge is 2.34. The number of aryl methyl sites for hydroxylation is 3. The minimum absolute atomic E-state index is 0.135. The number of aromatic nitrogens is 2. The van der Waals surface area contributed by atoms with Gasteiger partial charge in [0, 0.05) is 31.6 Å². The van der Waals surface area contributed by atoms with E-state index >= 15 is 0 Å². The standard InChI is InChI=1S/C20H21N3O/c1-13-8-9-17(14(2)10-13)23-12-15(11-19(23)24)20-21-16-6-4-5-7-18(16)22(20)3/h4-10,15H,11-12H2,1-3H3/t15-/m0/s1. The minimum atomic E-state index is 0.135. The molecule has 1 fully saturated rings. The van der Waals surface area contributed by atoms with E-state index in [1.807, 2.05) is 30.1 Å². The van der Waals surface area contributed by atoms with Crippen LogP contribution < -0.4 is 4.90 Å². The molecule has 122 valence electrons. The van der Waals surface area contributed by atoms with E-state index in [0.29, 0.717) is 13.0 Å². The number of anilines is 1. The Morgan fingerprint density at radius 3 is 2.67 bits per heavy atom. The van der Waals surface area contributed by atoms with Gasteiger partial charge in [-0.15, -0.1) is 0 Å².